The average molecular weight is 227 g/mol. The monoisotopic (exact) mass is 227 g/mol. The van der Waals surface area contributed by atoms with Gasteiger partial charge in [-0.1, -0.05) is 27.2 Å². The van der Waals surface area contributed by atoms with Crippen molar-refractivity contribution in [1.82, 2.24) is 5.32 Å². The average Bonchev–Trinajstić information content (AvgIpc) is 2.24. The minimum atomic E-state index is 0.151. The van der Waals surface area contributed by atoms with E-state index in [2.05, 4.69) is 26.1 Å². The second kappa shape index (κ2) is 6.61. The first-order valence-corrected chi connectivity index (χ1v) is 6.97. The predicted octanol–water partition coefficient (Wildman–Crippen LogP) is 3.36. The van der Waals surface area contributed by atoms with E-state index >= 15 is 0 Å². The lowest BCUT2D eigenvalue weighted by Crippen LogP contribution is -2.57. The predicted molar refractivity (Wildman–Crippen MR) is 69.7 cm³/mol. The summed E-state index contributed by atoms with van der Waals surface area (Å²) in [6, 6.07) is 0.557. The summed E-state index contributed by atoms with van der Waals surface area (Å²) in [5.74, 6) is 0.794. The molecule has 1 N–H and O–H groups in total. The van der Waals surface area contributed by atoms with Gasteiger partial charge in [0.1, 0.15) is 0 Å². The molecule has 0 aliphatic heterocycles. The fourth-order valence-electron chi connectivity index (χ4n) is 2.59. The van der Waals surface area contributed by atoms with Crippen LogP contribution in [0.15, 0.2) is 0 Å². The van der Waals surface area contributed by atoms with Crippen LogP contribution >= 0.6 is 0 Å². The van der Waals surface area contributed by atoms with Crippen LogP contribution in [0.1, 0.15) is 59.3 Å². The normalized spacial score (nSPS) is 22.5. The molecule has 16 heavy (non-hydrogen) atoms. The van der Waals surface area contributed by atoms with Crippen LogP contribution in [0.25, 0.3) is 0 Å². The highest BCUT2D eigenvalue weighted by Gasteiger charge is 2.44. The van der Waals surface area contributed by atoms with Gasteiger partial charge in [-0.15, -0.1) is 0 Å². The van der Waals surface area contributed by atoms with Gasteiger partial charge in [-0.25, -0.2) is 0 Å². The third-order valence-corrected chi connectivity index (χ3v) is 4.22. The Balaban J connectivity index is 2.54. The van der Waals surface area contributed by atoms with Crippen molar-refractivity contribution in [2.24, 2.45) is 5.92 Å². The zero-order valence-corrected chi connectivity index (χ0v) is 11.5. The Labute approximate surface area is 101 Å². The minimum Gasteiger partial charge on any atom is -0.377 e. The van der Waals surface area contributed by atoms with Crippen molar-refractivity contribution in [1.29, 1.82) is 0 Å². The quantitative estimate of drug-likeness (QED) is 0.686. The number of nitrogens with one attached hydrogen (secondary N) is 1. The maximum atomic E-state index is 5.82. The molecule has 0 aromatic carbocycles. The number of hydrogen-bond acceptors (Lipinski definition) is 2. The van der Waals surface area contributed by atoms with Crippen LogP contribution in [-0.4, -0.2) is 25.3 Å². The molecule has 2 heteroatoms. The number of methoxy groups -OCH3 is 1. The van der Waals surface area contributed by atoms with E-state index in [0.717, 1.165) is 12.5 Å². The van der Waals surface area contributed by atoms with Crippen LogP contribution in [0.4, 0.5) is 0 Å². The Morgan fingerprint density at radius 2 is 2.00 bits per heavy atom. The molecule has 96 valence electrons. The molecule has 0 spiro atoms. The molecule has 1 aliphatic rings. The molecule has 2 nitrogen and oxygen atoms in total. The molecule has 0 bridgehead atoms. The maximum Gasteiger partial charge on any atom is 0.0831 e. The lowest BCUT2D eigenvalue weighted by atomic mass is 9.72. The molecule has 1 aliphatic carbocycles. The summed E-state index contributed by atoms with van der Waals surface area (Å²) in [6.07, 6.45) is 7.53. The molecular formula is C14H29NO. The molecule has 0 amide bonds. The van der Waals surface area contributed by atoms with Crippen LogP contribution in [0.3, 0.4) is 0 Å². The maximum absolute atomic E-state index is 5.82. The van der Waals surface area contributed by atoms with Crippen LogP contribution in [0, 0.1) is 5.92 Å². The SMILES string of the molecule is CCCNC(CC(C)CC)C1(OC)CCC1. The van der Waals surface area contributed by atoms with Gasteiger partial charge >= 0.3 is 0 Å². The second-order valence-corrected chi connectivity index (χ2v) is 5.38. The highest BCUT2D eigenvalue weighted by molar-refractivity contribution is 5.00. The fraction of sp³-hybridized carbons (Fsp3) is 1.00. The molecule has 2 unspecified atom stereocenters. The summed E-state index contributed by atoms with van der Waals surface area (Å²) in [5.41, 5.74) is 0.151. The van der Waals surface area contributed by atoms with Gasteiger partial charge in [-0.3, -0.25) is 0 Å². The minimum absolute atomic E-state index is 0.151. The third-order valence-electron chi connectivity index (χ3n) is 4.22. The van der Waals surface area contributed by atoms with E-state index in [9.17, 15) is 0 Å². The van der Waals surface area contributed by atoms with Crippen molar-refractivity contribution in [2.45, 2.75) is 70.9 Å². The van der Waals surface area contributed by atoms with Gasteiger partial charge in [0.05, 0.1) is 5.60 Å². The molecule has 2 atom stereocenters. The lowest BCUT2D eigenvalue weighted by molar-refractivity contribution is -0.102. The standard InChI is InChI=1S/C14H29NO/c1-5-10-15-13(11-12(3)6-2)14(16-4)8-7-9-14/h12-13,15H,5-11H2,1-4H3. The third kappa shape index (κ3) is 3.21. The topological polar surface area (TPSA) is 21.3 Å². The lowest BCUT2D eigenvalue weighted by Gasteiger charge is -2.47. The van der Waals surface area contributed by atoms with E-state index in [4.69, 9.17) is 4.74 Å². The van der Waals surface area contributed by atoms with Crippen LogP contribution in [0.2, 0.25) is 0 Å². The molecule has 1 fully saturated rings. The Morgan fingerprint density at radius 3 is 2.38 bits per heavy atom. The van der Waals surface area contributed by atoms with Crippen molar-refractivity contribution in [3.8, 4) is 0 Å². The fourth-order valence-corrected chi connectivity index (χ4v) is 2.59. The van der Waals surface area contributed by atoms with Gasteiger partial charge in [-0.05, 0) is 44.6 Å². The zero-order valence-electron chi connectivity index (χ0n) is 11.5. The molecule has 0 heterocycles. The molecule has 1 saturated carbocycles. The van der Waals surface area contributed by atoms with Gasteiger partial charge in [0.25, 0.3) is 0 Å². The Hall–Kier alpha value is -0.0800. The molecule has 0 aromatic rings. The van der Waals surface area contributed by atoms with Crippen LogP contribution in [0.5, 0.6) is 0 Å². The van der Waals surface area contributed by atoms with Gasteiger partial charge in [0, 0.05) is 13.2 Å². The van der Waals surface area contributed by atoms with Crippen molar-refractivity contribution in [2.75, 3.05) is 13.7 Å². The summed E-state index contributed by atoms with van der Waals surface area (Å²) < 4.78 is 5.82. The highest BCUT2D eigenvalue weighted by atomic mass is 16.5. The van der Waals surface area contributed by atoms with E-state index in [1.54, 1.807) is 0 Å². The Kier molecular flexibility index (Phi) is 5.77. The van der Waals surface area contributed by atoms with Crippen LogP contribution in [-0.2, 0) is 4.74 Å². The van der Waals surface area contributed by atoms with Crippen molar-refractivity contribution in [3.63, 3.8) is 0 Å². The highest BCUT2D eigenvalue weighted by Crippen LogP contribution is 2.40. The molecule has 1 rings (SSSR count). The molecular weight excluding hydrogens is 198 g/mol. The van der Waals surface area contributed by atoms with E-state index in [1.165, 1.54) is 38.5 Å². The van der Waals surface area contributed by atoms with Crippen molar-refractivity contribution < 1.29 is 4.74 Å². The number of ether oxygens (including phenoxy) is 1. The summed E-state index contributed by atoms with van der Waals surface area (Å²) in [4.78, 5) is 0. The smallest absolute Gasteiger partial charge is 0.0831 e. The first-order chi connectivity index (χ1) is 7.68. The summed E-state index contributed by atoms with van der Waals surface area (Å²) in [7, 11) is 1.89. The number of hydrogen-bond donors (Lipinski definition) is 1. The molecule has 0 radical (unpaired) electrons. The van der Waals surface area contributed by atoms with E-state index in [0.29, 0.717) is 6.04 Å². The van der Waals surface area contributed by atoms with E-state index in [1.807, 2.05) is 7.11 Å². The van der Waals surface area contributed by atoms with Gasteiger partial charge in [-0.2, -0.15) is 0 Å². The van der Waals surface area contributed by atoms with Crippen LogP contribution < -0.4 is 5.32 Å². The summed E-state index contributed by atoms with van der Waals surface area (Å²) in [6.45, 7) is 7.98. The largest absolute Gasteiger partial charge is 0.377 e. The Morgan fingerprint density at radius 1 is 1.31 bits per heavy atom. The van der Waals surface area contributed by atoms with Gasteiger partial charge < -0.3 is 10.1 Å². The van der Waals surface area contributed by atoms with Gasteiger partial charge in [0.2, 0.25) is 0 Å². The summed E-state index contributed by atoms with van der Waals surface area (Å²) >= 11 is 0. The van der Waals surface area contributed by atoms with Gasteiger partial charge in [0.15, 0.2) is 0 Å². The number of rotatable bonds is 8. The molecule has 0 saturated heterocycles. The zero-order chi connectivity index (χ0) is 12.0. The summed E-state index contributed by atoms with van der Waals surface area (Å²) in [5, 5.41) is 3.70. The molecule has 0 aromatic heterocycles. The van der Waals surface area contributed by atoms with Crippen molar-refractivity contribution >= 4 is 0 Å². The van der Waals surface area contributed by atoms with E-state index < -0.39 is 0 Å². The first kappa shape index (κ1) is 14.0. The second-order valence-electron chi connectivity index (χ2n) is 5.38. The Bertz CT molecular complexity index is 184. The van der Waals surface area contributed by atoms with E-state index in [-0.39, 0.29) is 5.60 Å². The first-order valence-electron chi connectivity index (χ1n) is 6.97. The van der Waals surface area contributed by atoms with Crippen molar-refractivity contribution in [3.05, 3.63) is 0 Å².